The minimum Gasteiger partial charge on any atom is -0.282 e. The van der Waals surface area contributed by atoms with E-state index in [1.54, 1.807) is 6.07 Å². The zero-order chi connectivity index (χ0) is 9.97. The molecule has 0 bridgehead atoms. The van der Waals surface area contributed by atoms with Gasteiger partial charge in [0.1, 0.15) is 6.07 Å². The van der Waals surface area contributed by atoms with Crippen LogP contribution in [0.5, 0.6) is 0 Å². The first-order valence-electron chi connectivity index (χ1n) is 4.16. The molecule has 1 aromatic heterocycles. The van der Waals surface area contributed by atoms with Crippen molar-refractivity contribution in [2.45, 2.75) is 6.42 Å². The first-order chi connectivity index (χ1) is 6.81. The molecule has 0 amide bonds. The highest BCUT2D eigenvalue weighted by Gasteiger charge is 2.08. The van der Waals surface area contributed by atoms with Gasteiger partial charge in [0, 0.05) is 5.39 Å². The first kappa shape index (κ1) is 8.45. The van der Waals surface area contributed by atoms with E-state index in [0.717, 1.165) is 10.9 Å². The number of nitriles is 1. The zero-order valence-corrected chi connectivity index (χ0v) is 7.32. The Balaban J connectivity index is 2.44. The van der Waals surface area contributed by atoms with Gasteiger partial charge in [-0.1, -0.05) is 18.2 Å². The van der Waals surface area contributed by atoms with Crippen LogP contribution in [0.25, 0.3) is 10.9 Å². The van der Waals surface area contributed by atoms with E-state index in [-0.39, 0.29) is 6.42 Å². The maximum Gasteiger partial charge on any atom is 0.237 e. The molecular formula is C10H7N3O. The van der Waals surface area contributed by atoms with Crippen molar-refractivity contribution in [1.82, 2.24) is 10.2 Å². The van der Waals surface area contributed by atoms with Crippen LogP contribution in [-0.2, 0) is 11.2 Å². The Morgan fingerprint density at radius 1 is 1.50 bits per heavy atom. The lowest BCUT2D eigenvalue weighted by Gasteiger charge is -1.90. The van der Waals surface area contributed by atoms with Crippen LogP contribution in [0.4, 0.5) is 0 Å². The van der Waals surface area contributed by atoms with Gasteiger partial charge < -0.3 is 0 Å². The molecule has 2 rings (SSSR count). The molecule has 4 nitrogen and oxygen atoms in total. The number of nitrogens with one attached hydrogen (secondary N) is 1. The molecule has 0 spiro atoms. The zero-order valence-electron chi connectivity index (χ0n) is 7.32. The number of carbonyl (C=O) groups is 1. The third-order valence-corrected chi connectivity index (χ3v) is 2.00. The molecule has 0 aliphatic rings. The summed E-state index contributed by atoms with van der Waals surface area (Å²) in [7, 11) is 0. The number of para-hydroxylation sites is 1. The van der Waals surface area contributed by atoms with Crippen LogP contribution >= 0.6 is 0 Å². The lowest BCUT2D eigenvalue weighted by Crippen LogP contribution is -1.99. The number of carbonyl (C=O) groups excluding carboxylic acids is 1. The summed E-state index contributed by atoms with van der Waals surface area (Å²) < 4.78 is 0. The van der Waals surface area contributed by atoms with Crippen molar-refractivity contribution in [3.8, 4) is 6.07 Å². The number of aromatic nitrogens is 2. The highest BCUT2D eigenvalue weighted by molar-refractivity contribution is 5.97. The van der Waals surface area contributed by atoms with Gasteiger partial charge in [-0.05, 0) is 6.07 Å². The smallest absolute Gasteiger partial charge is 0.237 e. The van der Waals surface area contributed by atoms with E-state index in [1.165, 1.54) is 0 Å². The van der Waals surface area contributed by atoms with E-state index in [0.29, 0.717) is 5.69 Å². The van der Waals surface area contributed by atoms with Gasteiger partial charge in [0.05, 0.1) is 17.6 Å². The van der Waals surface area contributed by atoms with Crippen LogP contribution in [-0.4, -0.2) is 16.0 Å². The maximum atomic E-state index is 10.9. The molecule has 4 heteroatoms. The third-order valence-electron chi connectivity index (χ3n) is 2.00. The minimum absolute atomic E-state index is 0.0700. The molecule has 0 radical (unpaired) electrons. The van der Waals surface area contributed by atoms with Gasteiger partial charge in [-0.2, -0.15) is 10.4 Å². The topological polar surface area (TPSA) is 69.5 Å². The number of hydrogen-bond acceptors (Lipinski definition) is 3. The van der Waals surface area contributed by atoms with Gasteiger partial charge in [-0.25, -0.2) is 0 Å². The summed E-state index contributed by atoms with van der Waals surface area (Å²) >= 11 is 0. The second-order valence-corrected chi connectivity index (χ2v) is 2.93. The molecule has 0 unspecified atom stereocenters. The lowest BCUT2D eigenvalue weighted by atomic mass is 10.1. The van der Waals surface area contributed by atoms with E-state index < -0.39 is 5.78 Å². The fourth-order valence-corrected chi connectivity index (χ4v) is 1.35. The SMILES string of the molecule is N#CC(=O)Cc1n[nH]c2ccccc12. The number of benzene rings is 1. The molecule has 0 saturated heterocycles. The molecule has 68 valence electrons. The number of rotatable bonds is 2. The Bertz CT molecular complexity index is 521. The van der Waals surface area contributed by atoms with Crippen molar-refractivity contribution in [2.75, 3.05) is 0 Å². The van der Waals surface area contributed by atoms with E-state index in [4.69, 9.17) is 5.26 Å². The first-order valence-corrected chi connectivity index (χ1v) is 4.16. The van der Waals surface area contributed by atoms with Crippen LogP contribution in [0.3, 0.4) is 0 Å². The lowest BCUT2D eigenvalue weighted by molar-refractivity contribution is -0.113. The van der Waals surface area contributed by atoms with E-state index in [9.17, 15) is 4.79 Å². The number of ketones is 1. The Kier molecular flexibility index (Phi) is 1.99. The van der Waals surface area contributed by atoms with E-state index >= 15 is 0 Å². The van der Waals surface area contributed by atoms with Crippen LogP contribution in [0.1, 0.15) is 5.69 Å². The Hall–Kier alpha value is -2.15. The molecule has 0 atom stereocenters. The summed E-state index contributed by atoms with van der Waals surface area (Å²) in [5, 5.41) is 16.1. The largest absolute Gasteiger partial charge is 0.282 e. The Labute approximate surface area is 80.2 Å². The van der Waals surface area contributed by atoms with Gasteiger partial charge in [-0.3, -0.25) is 9.89 Å². The minimum atomic E-state index is -0.470. The van der Waals surface area contributed by atoms with Crippen LogP contribution in [0.15, 0.2) is 24.3 Å². The van der Waals surface area contributed by atoms with Gasteiger partial charge >= 0.3 is 0 Å². The van der Waals surface area contributed by atoms with Crippen molar-refractivity contribution < 1.29 is 4.79 Å². The molecule has 1 heterocycles. The quantitative estimate of drug-likeness (QED) is 0.714. The van der Waals surface area contributed by atoms with Gasteiger partial charge in [-0.15, -0.1) is 0 Å². The summed E-state index contributed by atoms with van der Waals surface area (Å²) in [5.74, 6) is -0.470. The second-order valence-electron chi connectivity index (χ2n) is 2.93. The predicted octanol–water partition coefficient (Wildman–Crippen LogP) is 1.20. The number of nitrogens with zero attached hydrogens (tertiary/aromatic N) is 2. The van der Waals surface area contributed by atoms with Crippen molar-refractivity contribution in [2.24, 2.45) is 0 Å². The van der Waals surface area contributed by atoms with Crippen LogP contribution in [0.2, 0.25) is 0 Å². The summed E-state index contributed by atoms with van der Waals surface area (Å²) in [4.78, 5) is 10.9. The second kappa shape index (κ2) is 3.30. The number of aromatic amines is 1. The molecule has 0 saturated carbocycles. The number of fused-ring (bicyclic) bond motifs is 1. The highest BCUT2D eigenvalue weighted by Crippen LogP contribution is 2.15. The molecule has 0 aliphatic heterocycles. The fourth-order valence-electron chi connectivity index (χ4n) is 1.35. The Morgan fingerprint density at radius 3 is 3.07 bits per heavy atom. The molecule has 2 aromatic rings. The third kappa shape index (κ3) is 1.36. The summed E-state index contributed by atoms with van der Waals surface area (Å²) in [6, 6.07) is 9.09. The molecule has 1 aromatic carbocycles. The molecule has 0 aliphatic carbocycles. The Morgan fingerprint density at radius 2 is 2.29 bits per heavy atom. The summed E-state index contributed by atoms with van der Waals surface area (Å²) in [6.45, 7) is 0. The van der Waals surface area contributed by atoms with Gasteiger partial charge in [0.2, 0.25) is 5.78 Å². The van der Waals surface area contributed by atoms with E-state index in [2.05, 4.69) is 10.2 Å². The van der Waals surface area contributed by atoms with Crippen molar-refractivity contribution in [3.05, 3.63) is 30.0 Å². The van der Waals surface area contributed by atoms with Gasteiger partial charge in [0.25, 0.3) is 0 Å². The average molecular weight is 185 g/mol. The summed E-state index contributed by atoms with van der Waals surface area (Å²) in [5.41, 5.74) is 1.51. The van der Waals surface area contributed by atoms with Gasteiger partial charge in [0.15, 0.2) is 0 Å². The number of H-pyrrole nitrogens is 1. The molecule has 14 heavy (non-hydrogen) atoms. The molecule has 1 N–H and O–H groups in total. The monoisotopic (exact) mass is 185 g/mol. The maximum absolute atomic E-state index is 10.9. The van der Waals surface area contributed by atoms with Crippen molar-refractivity contribution >= 4 is 16.7 Å². The summed E-state index contributed by atoms with van der Waals surface area (Å²) in [6.07, 6.45) is 0.0700. The van der Waals surface area contributed by atoms with Crippen molar-refractivity contribution in [1.29, 1.82) is 5.26 Å². The fraction of sp³-hybridized carbons (Fsp3) is 0.100. The number of hydrogen-bond donors (Lipinski definition) is 1. The van der Waals surface area contributed by atoms with E-state index in [1.807, 2.05) is 24.3 Å². The average Bonchev–Trinajstić information content (AvgIpc) is 2.62. The van der Waals surface area contributed by atoms with Crippen LogP contribution < -0.4 is 0 Å². The number of Topliss-reactive ketones (excluding diaryl/α,β-unsaturated/α-hetero) is 1. The van der Waals surface area contributed by atoms with Crippen molar-refractivity contribution in [3.63, 3.8) is 0 Å². The predicted molar refractivity (Wildman–Crippen MR) is 50.4 cm³/mol. The highest BCUT2D eigenvalue weighted by atomic mass is 16.1. The normalized spacial score (nSPS) is 9.93. The van der Waals surface area contributed by atoms with Crippen LogP contribution in [0, 0.1) is 11.3 Å². The molecule has 0 fully saturated rings. The standard InChI is InChI=1S/C10H7N3O/c11-6-7(14)5-10-8-3-1-2-4-9(8)12-13-10/h1-4H,5H2,(H,12,13). The molecular weight excluding hydrogens is 178 g/mol.